The molecule has 0 fully saturated rings. The van der Waals surface area contributed by atoms with Crippen molar-refractivity contribution in [3.05, 3.63) is 78.6 Å². The van der Waals surface area contributed by atoms with Crippen LogP contribution in [0.3, 0.4) is 0 Å². The summed E-state index contributed by atoms with van der Waals surface area (Å²) in [6.45, 7) is 0.501. The van der Waals surface area contributed by atoms with Gasteiger partial charge >= 0.3 is 0 Å². The van der Waals surface area contributed by atoms with Crippen molar-refractivity contribution in [3.63, 3.8) is 0 Å². The highest BCUT2D eigenvalue weighted by molar-refractivity contribution is 7.90. The summed E-state index contributed by atoms with van der Waals surface area (Å²) >= 11 is 0. The minimum Gasteiger partial charge on any atom is -0.370 e. The molecule has 1 N–H and O–H groups in total. The summed E-state index contributed by atoms with van der Waals surface area (Å²) in [5.74, 6) is 1.40. The Kier molecular flexibility index (Phi) is 5.53. The summed E-state index contributed by atoms with van der Waals surface area (Å²) in [4.78, 5) is 8.72. The van der Waals surface area contributed by atoms with Crippen molar-refractivity contribution in [1.29, 1.82) is 0 Å². The minimum atomic E-state index is -3.16. The van der Waals surface area contributed by atoms with Crippen LogP contribution in [-0.2, 0) is 15.6 Å². The average molecular weight is 407 g/mol. The van der Waals surface area contributed by atoms with Gasteiger partial charge in [-0.3, -0.25) is 0 Å². The molecule has 0 amide bonds. The molecule has 148 valence electrons. The Balaban J connectivity index is 1.42. The predicted molar refractivity (Wildman–Crippen MR) is 113 cm³/mol. The largest absolute Gasteiger partial charge is 0.370 e. The Morgan fingerprint density at radius 2 is 1.69 bits per heavy atom. The Labute approximate surface area is 169 Å². The SMILES string of the molecule is O=S(=O)(CCCNc1cc(-c2ccccc2)nc2ncnn12)Cc1ccccc1. The second-order valence-electron chi connectivity index (χ2n) is 6.72. The van der Waals surface area contributed by atoms with Crippen molar-refractivity contribution < 1.29 is 8.42 Å². The molecule has 0 radical (unpaired) electrons. The highest BCUT2D eigenvalue weighted by Crippen LogP contribution is 2.21. The maximum atomic E-state index is 12.4. The maximum absolute atomic E-state index is 12.4. The molecule has 0 spiro atoms. The zero-order chi connectivity index (χ0) is 20.1. The second-order valence-corrected chi connectivity index (χ2v) is 8.91. The van der Waals surface area contributed by atoms with Crippen molar-refractivity contribution in [3.8, 4) is 11.3 Å². The first kappa shape index (κ1) is 19.1. The van der Waals surface area contributed by atoms with Crippen LogP contribution in [0.25, 0.3) is 17.0 Å². The third kappa shape index (κ3) is 4.78. The van der Waals surface area contributed by atoms with Crippen molar-refractivity contribution in [2.24, 2.45) is 0 Å². The van der Waals surface area contributed by atoms with Gasteiger partial charge in [-0.25, -0.2) is 13.4 Å². The normalized spacial score (nSPS) is 11.6. The number of rotatable bonds is 8. The van der Waals surface area contributed by atoms with Gasteiger partial charge in [0, 0.05) is 18.2 Å². The number of nitrogens with one attached hydrogen (secondary N) is 1. The van der Waals surface area contributed by atoms with E-state index in [0.29, 0.717) is 18.7 Å². The lowest BCUT2D eigenvalue weighted by molar-refractivity contribution is 0.593. The van der Waals surface area contributed by atoms with Crippen molar-refractivity contribution in [1.82, 2.24) is 19.6 Å². The lowest BCUT2D eigenvalue weighted by Crippen LogP contribution is -2.14. The number of hydrogen-bond donors (Lipinski definition) is 1. The lowest BCUT2D eigenvalue weighted by Gasteiger charge is -2.10. The molecule has 0 aliphatic rings. The summed E-state index contributed by atoms with van der Waals surface area (Å²) in [5.41, 5.74) is 2.57. The Morgan fingerprint density at radius 3 is 2.45 bits per heavy atom. The Hall–Kier alpha value is -3.26. The molecule has 0 bridgehead atoms. The van der Waals surface area contributed by atoms with Gasteiger partial charge in [0.1, 0.15) is 12.1 Å². The fraction of sp³-hybridized carbons (Fsp3) is 0.190. The standard InChI is InChI=1S/C21H21N5O2S/c27-29(28,15-17-8-3-1-4-9-17)13-7-12-22-20-14-19(18-10-5-2-6-11-18)25-21-23-16-24-26(20)21/h1-6,8-11,14,16,22H,7,12-13,15H2. The number of hydrogen-bond acceptors (Lipinski definition) is 6. The number of anilines is 1. The average Bonchev–Trinajstić information content (AvgIpc) is 3.21. The van der Waals surface area contributed by atoms with Gasteiger partial charge in [-0.05, 0) is 12.0 Å². The van der Waals surface area contributed by atoms with E-state index < -0.39 is 9.84 Å². The van der Waals surface area contributed by atoms with Crippen LogP contribution >= 0.6 is 0 Å². The van der Waals surface area contributed by atoms with Crippen molar-refractivity contribution in [2.45, 2.75) is 12.2 Å². The minimum absolute atomic E-state index is 0.0641. The first-order chi connectivity index (χ1) is 14.1. The Bertz CT molecular complexity index is 1190. The molecule has 0 unspecified atom stereocenters. The highest BCUT2D eigenvalue weighted by Gasteiger charge is 2.13. The molecular formula is C21H21N5O2S. The fourth-order valence-corrected chi connectivity index (χ4v) is 4.53. The zero-order valence-corrected chi connectivity index (χ0v) is 16.6. The summed E-state index contributed by atoms with van der Waals surface area (Å²) in [6, 6.07) is 21.0. The van der Waals surface area contributed by atoms with Crippen LogP contribution in [-0.4, -0.2) is 40.3 Å². The van der Waals surface area contributed by atoms with Gasteiger partial charge in [0.2, 0.25) is 0 Å². The molecule has 2 aromatic carbocycles. The van der Waals surface area contributed by atoms with Crippen LogP contribution < -0.4 is 5.32 Å². The van der Waals surface area contributed by atoms with Gasteiger partial charge < -0.3 is 5.32 Å². The van der Waals surface area contributed by atoms with Crippen molar-refractivity contribution in [2.75, 3.05) is 17.6 Å². The first-order valence-corrected chi connectivity index (χ1v) is 11.2. The van der Waals surface area contributed by atoms with Crippen LogP contribution in [0.1, 0.15) is 12.0 Å². The number of aromatic nitrogens is 4. The van der Waals surface area contributed by atoms with Gasteiger partial charge in [0.15, 0.2) is 9.84 Å². The molecule has 4 aromatic rings. The van der Waals surface area contributed by atoms with Gasteiger partial charge in [0.25, 0.3) is 5.78 Å². The van der Waals surface area contributed by atoms with Crippen molar-refractivity contribution >= 4 is 21.4 Å². The van der Waals surface area contributed by atoms with E-state index in [1.807, 2.05) is 66.7 Å². The molecule has 2 aromatic heterocycles. The van der Waals surface area contributed by atoms with E-state index in [1.54, 1.807) is 4.52 Å². The van der Waals surface area contributed by atoms with Crippen LogP contribution in [0.15, 0.2) is 73.1 Å². The summed E-state index contributed by atoms with van der Waals surface area (Å²) in [7, 11) is -3.16. The van der Waals surface area contributed by atoms with Gasteiger partial charge in [-0.15, -0.1) is 0 Å². The third-order valence-electron chi connectivity index (χ3n) is 4.49. The third-order valence-corrected chi connectivity index (χ3v) is 6.17. The van der Waals surface area contributed by atoms with E-state index in [4.69, 9.17) is 0 Å². The van der Waals surface area contributed by atoms with E-state index in [2.05, 4.69) is 20.4 Å². The Morgan fingerprint density at radius 1 is 0.966 bits per heavy atom. The summed E-state index contributed by atoms with van der Waals surface area (Å²) in [6.07, 6.45) is 1.95. The lowest BCUT2D eigenvalue weighted by atomic mass is 10.1. The maximum Gasteiger partial charge on any atom is 0.254 e. The molecule has 29 heavy (non-hydrogen) atoms. The van der Waals surface area contributed by atoms with Crippen LogP contribution in [0.5, 0.6) is 0 Å². The van der Waals surface area contributed by atoms with Crippen LogP contribution in [0.4, 0.5) is 5.82 Å². The molecule has 0 saturated carbocycles. The molecule has 0 saturated heterocycles. The quantitative estimate of drug-likeness (QED) is 0.451. The summed E-state index contributed by atoms with van der Waals surface area (Å²) < 4.78 is 26.3. The van der Waals surface area contributed by atoms with E-state index >= 15 is 0 Å². The highest BCUT2D eigenvalue weighted by atomic mass is 32.2. The summed E-state index contributed by atoms with van der Waals surface area (Å²) in [5, 5.41) is 7.48. The monoisotopic (exact) mass is 407 g/mol. The fourth-order valence-electron chi connectivity index (χ4n) is 3.10. The molecule has 0 aliphatic heterocycles. The van der Waals surface area contributed by atoms with E-state index in [-0.39, 0.29) is 11.5 Å². The number of benzene rings is 2. The molecule has 8 heteroatoms. The predicted octanol–water partition coefficient (Wildman–Crippen LogP) is 3.21. The number of nitrogens with zero attached hydrogens (tertiary/aromatic N) is 4. The van der Waals surface area contributed by atoms with E-state index in [0.717, 1.165) is 22.6 Å². The van der Waals surface area contributed by atoms with Gasteiger partial charge in [0.05, 0.1) is 17.2 Å². The smallest absolute Gasteiger partial charge is 0.254 e. The molecule has 0 atom stereocenters. The van der Waals surface area contributed by atoms with E-state index in [9.17, 15) is 8.42 Å². The van der Waals surface area contributed by atoms with Crippen LogP contribution in [0.2, 0.25) is 0 Å². The first-order valence-electron chi connectivity index (χ1n) is 9.35. The topological polar surface area (TPSA) is 89.2 Å². The number of sulfone groups is 1. The molecule has 2 heterocycles. The molecular weight excluding hydrogens is 386 g/mol. The van der Waals surface area contributed by atoms with Crippen LogP contribution in [0, 0.1) is 0 Å². The molecule has 7 nitrogen and oxygen atoms in total. The van der Waals surface area contributed by atoms with E-state index in [1.165, 1.54) is 6.33 Å². The zero-order valence-electron chi connectivity index (χ0n) is 15.8. The van der Waals surface area contributed by atoms with Gasteiger partial charge in [-0.1, -0.05) is 60.7 Å². The molecule has 0 aliphatic carbocycles. The molecule has 4 rings (SSSR count). The number of fused-ring (bicyclic) bond motifs is 1. The second kappa shape index (κ2) is 8.40. The van der Waals surface area contributed by atoms with Gasteiger partial charge in [-0.2, -0.15) is 14.6 Å².